The number of fused-ring (bicyclic) bond motifs is 2. The predicted molar refractivity (Wildman–Crippen MR) is 182 cm³/mol. The van der Waals surface area contributed by atoms with Crippen LogP contribution in [0, 0.1) is 6.92 Å². The first kappa shape index (κ1) is 30.9. The number of piperidine rings is 2. The van der Waals surface area contributed by atoms with Gasteiger partial charge in [0, 0.05) is 70.9 Å². The summed E-state index contributed by atoms with van der Waals surface area (Å²) < 4.78 is 15.6. The number of carbonyl (C=O) groups excluding carboxylic acids is 1. The number of nitrogens with one attached hydrogen (secondary N) is 1. The van der Waals surface area contributed by atoms with Gasteiger partial charge in [-0.2, -0.15) is 5.10 Å². The van der Waals surface area contributed by atoms with Crippen molar-refractivity contribution in [3.8, 4) is 11.5 Å². The number of imidazole rings is 1. The lowest BCUT2D eigenvalue weighted by Gasteiger charge is -2.32. The molecule has 7 rings (SSSR count). The number of hydrogen-bond acceptors (Lipinski definition) is 8. The minimum Gasteiger partial charge on any atom is -0.457 e. The van der Waals surface area contributed by atoms with Gasteiger partial charge in [-0.25, -0.2) is 14.5 Å². The molecule has 0 atom stereocenters. The molecule has 0 unspecified atom stereocenters. The predicted octanol–water partition coefficient (Wildman–Crippen LogP) is 5.83. The Labute approximate surface area is 274 Å². The molecule has 1 amide bonds. The Bertz CT molecular complexity index is 1900. The molecule has 0 radical (unpaired) electrons. The Hall–Kier alpha value is -4.74. The minimum absolute atomic E-state index is 0.0998. The van der Waals surface area contributed by atoms with Crippen LogP contribution in [0.1, 0.15) is 42.7 Å². The first-order chi connectivity index (χ1) is 22.9. The molecule has 2 aliphatic rings. The highest BCUT2D eigenvalue weighted by Crippen LogP contribution is 2.35. The van der Waals surface area contributed by atoms with Crippen LogP contribution in [-0.4, -0.2) is 85.8 Å². The number of ether oxygens (including phenoxy) is 2. The number of carbonyl (C=O) groups is 1. The molecule has 0 bridgehead atoms. The van der Waals surface area contributed by atoms with Crippen LogP contribution in [0.2, 0.25) is 0 Å². The van der Waals surface area contributed by atoms with E-state index in [4.69, 9.17) is 9.47 Å². The fourth-order valence-corrected chi connectivity index (χ4v) is 6.83. The second-order valence-electron chi connectivity index (χ2n) is 12.6. The number of anilines is 2. The Kier molecular flexibility index (Phi) is 8.90. The Morgan fingerprint density at radius 3 is 2.64 bits per heavy atom. The quantitative estimate of drug-likeness (QED) is 0.202. The standard InChI is InChI=1S/C36H42N8O3/c1-25-21-27(6-9-33(25)47-29-7-8-32-31(22-29)38-24-41(32)2)40-36-35-30(14-20-44(35)39-23-37-36)26-10-18-43(19-11-26)34(45)5-4-15-42-16-12-28(46-3)13-17-42/h4-9,14,20-24,26,28H,10-13,15-19H2,1-3H3,(H,37,39,40)/b5-4+. The van der Waals surface area contributed by atoms with Gasteiger partial charge in [-0.15, -0.1) is 0 Å². The van der Waals surface area contributed by atoms with Gasteiger partial charge in [0.15, 0.2) is 5.82 Å². The highest BCUT2D eigenvalue weighted by atomic mass is 16.5. The molecule has 0 saturated carbocycles. The number of aromatic nitrogens is 5. The summed E-state index contributed by atoms with van der Waals surface area (Å²) in [5.41, 5.74) is 6.05. The molecule has 2 aromatic carbocycles. The third kappa shape index (κ3) is 6.72. The molecule has 0 spiro atoms. The zero-order valence-corrected chi connectivity index (χ0v) is 27.3. The number of methoxy groups -OCH3 is 1. The monoisotopic (exact) mass is 634 g/mol. The topological polar surface area (TPSA) is 102 Å². The third-order valence-corrected chi connectivity index (χ3v) is 9.59. The average molecular weight is 635 g/mol. The molecule has 244 valence electrons. The normalized spacial score (nSPS) is 16.9. The van der Waals surface area contributed by atoms with Crippen LogP contribution >= 0.6 is 0 Å². The summed E-state index contributed by atoms with van der Waals surface area (Å²) in [5, 5.41) is 8.01. The van der Waals surface area contributed by atoms with E-state index >= 15 is 0 Å². The van der Waals surface area contributed by atoms with Crippen molar-refractivity contribution in [3.05, 3.63) is 84.6 Å². The van der Waals surface area contributed by atoms with Crippen molar-refractivity contribution in [2.24, 2.45) is 7.05 Å². The van der Waals surface area contributed by atoms with E-state index < -0.39 is 0 Å². The summed E-state index contributed by atoms with van der Waals surface area (Å²) in [6, 6.07) is 14.1. The first-order valence-electron chi connectivity index (χ1n) is 16.4. The van der Waals surface area contributed by atoms with Crippen LogP contribution in [-0.2, 0) is 16.6 Å². The van der Waals surface area contributed by atoms with Crippen molar-refractivity contribution in [2.75, 3.05) is 45.2 Å². The maximum absolute atomic E-state index is 13.0. The summed E-state index contributed by atoms with van der Waals surface area (Å²) in [5.74, 6) is 2.70. The molecule has 1 N–H and O–H groups in total. The smallest absolute Gasteiger partial charge is 0.246 e. The maximum atomic E-state index is 13.0. The second kappa shape index (κ2) is 13.5. The van der Waals surface area contributed by atoms with E-state index in [1.54, 1.807) is 25.8 Å². The first-order valence-corrected chi connectivity index (χ1v) is 16.4. The van der Waals surface area contributed by atoms with Crippen molar-refractivity contribution in [2.45, 2.75) is 44.6 Å². The second-order valence-corrected chi connectivity index (χ2v) is 12.6. The molecular weight excluding hydrogens is 592 g/mol. The molecule has 0 aliphatic carbocycles. The zero-order chi connectivity index (χ0) is 32.3. The SMILES string of the molecule is COC1CCN(C/C=C/C(=O)N2CCC(c3ccn4ncnc(Nc5ccc(Oc6ccc7c(c6)ncn7C)c(C)c5)c34)CC2)CC1. The van der Waals surface area contributed by atoms with E-state index in [0.29, 0.717) is 12.0 Å². The van der Waals surface area contributed by atoms with Crippen molar-refractivity contribution in [1.82, 2.24) is 33.9 Å². The van der Waals surface area contributed by atoms with Crippen molar-refractivity contribution >= 4 is 34.0 Å². The zero-order valence-electron chi connectivity index (χ0n) is 27.3. The van der Waals surface area contributed by atoms with E-state index in [0.717, 1.165) is 104 Å². The summed E-state index contributed by atoms with van der Waals surface area (Å²) in [6.45, 7) is 6.33. The van der Waals surface area contributed by atoms with E-state index in [9.17, 15) is 4.79 Å². The van der Waals surface area contributed by atoms with Crippen LogP contribution in [0.3, 0.4) is 0 Å². The number of amides is 1. The van der Waals surface area contributed by atoms with Gasteiger partial charge < -0.3 is 24.3 Å². The van der Waals surface area contributed by atoms with Gasteiger partial charge in [0.2, 0.25) is 5.91 Å². The largest absolute Gasteiger partial charge is 0.457 e. The summed E-state index contributed by atoms with van der Waals surface area (Å²) in [7, 11) is 3.77. The molecule has 11 heteroatoms. The highest BCUT2D eigenvalue weighted by Gasteiger charge is 2.26. The van der Waals surface area contributed by atoms with Crippen LogP contribution in [0.4, 0.5) is 11.5 Å². The number of benzene rings is 2. The van der Waals surface area contributed by atoms with E-state index in [2.05, 4.69) is 37.4 Å². The number of nitrogens with zero attached hydrogens (tertiary/aromatic N) is 7. The number of rotatable bonds is 9. The van der Waals surface area contributed by atoms with Gasteiger partial charge in [0.1, 0.15) is 23.3 Å². The van der Waals surface area contributed by atoms with Gasteiger partial charge in [-0.1, -0.05) is 6.08 Å². The minimum atomic E-state index is 0.0998. The van der Waals surface area contributed by atoms with E-state index in [1.807, 2.05) is 70.6 Å². The third-order valence-electron chi connectivity index (χ3n) is 9.59. The van der Waals surface area contributed by atoms with Gasteiger partial charge in [0.25, 0.3) is 0 Å². The molecule has 3 aromatic heterocycles. The molecular formula is C36H42N8O3. The summed E-state index contributed by atoms with van der Waals surface area (Å²) >= 11 is 0. The Balaban J connectivity index is 0.984. The number of hydrogen-bond donors (Lipinski definition) is 1. The fourth-order valence-electron chi connectivity index (χ4n) is 6.83. The molecule has 2 saturated heterocycles. The summed E-state index contributed by atoms with van der Waals surface area (Å²) in [6.07, 6.45) is 13.4. The van der Waals surface area contributed by atoms with E-state index in [-0.39, 0.29) is 5.91 Å². The number of likely N-dealkylation sites (tertiary alicyclic amines) is 2. The van der Waals surface area contributed by atoms with Gasteiger partial charge in [0.05, 0.1) is 23.5 Å². The average Bonchev–Trinajstić information content (AvgIpc) is 3.70. The van der Waals surface area contributed by atoms with Gasteiger partial charge in [-0.05, 0) is 86.1 Å². The maximum Gasteiger partial charge on any atom is 0.246 e. The Morgan fingerprint density at radius 1 is 1.02 bits per heavy atom. The number of aryl methyl sites for hydroxylation is 2. The lowest BCUT2D eigenvalue weighted by molar-refractivity contribution is -0.127. The molecule has 11 nitrogen and oxygen atoms in total. The Morgan fingerprint density at radius 2 is 1.85 bits per heavy atom. The van der Waals surface area contributed by atoms with Crippen LogP contribution < -0.4 is 10.1 Å². The molecule has 2 fully saturated rings. The molecule has 5 aromatic rings. The van der Waals surface area contributed by atoms with E-state index in [1.165, 1.54) is 5.56 Å². The molecule has 2 aliphatic heterocycles. The van der Waals surface area contributed by atoms with Crippen LogP contribution in [0.25, 0.3) is 16.6 Å². The lowest BCUT2D eigenvalue weighted by Crippen LogP contribution is -2.38. The lowest BCUT2D eigenvalue weighted by atomic mass is 9.90. The van der Waals surface area contributed by atoms with Gasteiger partial charge >= 0.3 is 0 Å². The highest BCUT2D eigenvalue weighted by molar-refractivity contribution is 5.87. The van der Waals surface area contributed by atoms with Crippen molar-refractivity contribution < 1.29 is 14.3 Å². The van der Waals surface area contributed by atoms with Gasteiger partial charge in [-0.3, -0.25) is 9.69 Å². The van der Waals surface area contributed by atoms with Crippen LogP contribution in [0.5, 0.6) is 11.5 Å². The van der Waals surface area contributed by atoms with Crippen molar-refractivity contribution in [3.63, 3.8) is 0 Å². The van der Waals surface area contributed by atoms with Crippen molar-refractivity contribution in [1.29, 1.82) is 0 Å². The molecule has 5 heterocycles. The summed E-state index contributed by atoms with van der Waals surface area (Å²) in [4.78, 5) is 26.4. The fraction of sp³-hybridized carbons (Fsp3) is 0.389. The van der Waals surface area contributed by atoms with Crippen LogP contribution in [0.15, 0.2) is 73.5 Å². The molecule has 47 heavy (non-hydrogen) atoms.